The molecule has 19 heavy (non-hydrogen) atoms. The molecule has 0 unspecified atom stereocenters. The Labute approximate surface area is 118 Å². The summed E-state index contributed by atoms with van der Waals surface area (Å²) in [7, 11) is 0. The third kappa shape index (κ3) is 5.35. The van der Waals surface area contributed by atoms with Gasteiger partial charge in [0.05, 0.1) is 5.69 Å². The Kier molecular flexibility index (Phi) is 4.83. The fourth-order valence-corrected chi connectivity index (χ4v) is 2.00. The van der Waals surface area contributed by atoms with Crippen LogP contribution in [0, 0.1) is 19.3 Å². The molecular weight excluding hydrogens is 234 g/mol. The summed E-state index contributed by atoms with van der Waals surface area (Å²) in [4.78, 5) is 0. The second-order valence-electron chi connectivity index (χ2n) is 7.79. The van der Waals surface area contributed by atoms with Gasteiger partial charge in [-0.25, -0.2) is 0 Å². The maximum atomic E-state index is 4.69. The molecule has 0 radical (unpaired) electrons. The van der Waals surface area contributed by atoms with Crippen molar-refractivity contribution in [1.29, 1.82) is 0 Å². The molecule has 0 amide bonds. The highest BCUT2D eigenvalue weighted by molar-refractivity contribution is 5.24. The average molecular weight is 265 g/mol. The lowest BCUT2D eigenvalue weighted by atomic mass is 9.92. The molecule has 1 rings (SSSR count). The summed E-state index contributed by atoms with van der Waals surface area (Å²) in [5.74, 6) is 0. The fourth-order valence-electron chi connectivity index (χ4n) is 2.00. The lowest BCUT2D eigenvalue weighted by Gasteiger charge is -2.21. The summed E-state index contributed by atoms with van der Waals surface area (Å²) in [6.07, 6.45) is 1.15. The van der Waals surface area contributed by atoms with Crippen molar-refractivity contribution in [2.45, 2.75) is 80.4 Å². The van der Waals surface area contributed by atoms with Gasteiger partial charge in [-0.2, -0.15) is 5.10 Å². The quantitative estimate of drug-likeness (QED) is 0.897. The van der Waals surface area contributed by atoms with Gasteiger partial charge in [0.1, 0.15) is 0 Å². The normalized spacial score (nSPS) is 13.1. The topological polar surface area (TPSA) is 29.9 Å². The molecule has 3 nitrogen and oxygen atoms in total. The number of nitrogens with zero attached hydrogens (tertiary/aromatic N) is 2. The van der Waals surface area contributed by atoms with Crippen molar-refractivity contribution in [3.63, 3.8) is 0 Å². The minimum absolute atomic E-state index is 0.145. The smallest absolute Gasteiger partial charge is 0.0641 e. The van der Waals surface area contributed by atoms with Gasteiger partial charge in [0.15, 0.2) is 0 Å². The van der Waals surface area contributed by atoms with Crippen LogP contribution in [0.2, 0.25) is 0 Å². The van der Waals surface area contributed by atoms with Crippen LogP contribution in [0.3, 0.4) is 0 Å². The molecule has 0 aliphatic heterocycles. The SMILES string of the molecule is Cc1nn(CCC(C)(C)C)c(C)c1CNC(C)(C)C. The minimum Gasteiger partial charge on any atom is -0.308 e. The van der Waals surface area contributed by atoms with E-state index in [2.05, 4.69) is 65.4 Å². The van der Waals surface area contributed by atoms with Crippen LogP contribution in [0.4, 0.5) is 0 Å². The number of hydrogen-bond acceptors (Lipinski definition) is 2. The van der Waals surface area contributed by atoms with E-state index in [1.165, 1.54) is 11.3 Å². The Morgan fingerprint density at radius 3 is 2.11 bits per heavy atom. The maximum Gasteiger partial charge on any atom is 0.0641 e. The molecule has 0 atom stereocenters. The zero-order valence-electron chi connectivity index (χ0n) is 14.0. The zero-order valence-corrected chi connectivity index (χ0v) is 14.0. The summed E-state index contributed by atoms with van der Waals surface area (Å²) in [6, 6.07) is 0. The second kappa shape index (κ2) is 5.66. The van der Waals surface area contributed by atoms with Crippen molar-refractivity contribution in [2.24, 2.45) is 5.41 Å². The first kappa shape index (κ1) is 16.2. The van der Waals surface area contributed by atoms with Gasteiger partial charge in [0, 0.05) is 29.9 Å². The molecule has 1 aromatic heterocycles. The van der Waals surface area contributed by atoms with Crippen molar-refractivity contribution in [2.75, 3.05) is 0 Å². The van der Waals surface area contributed by atoms with Crippen LogP contribution < -0.4 is 5.32 Å². The summed E-state index contributed by atoms with van der Waals surface area (Å²) in [5.41, 5.74) is 4.31. The number of hydrogen-bond donors (Lipinski definition) is 1. The number of rotatable bonds is 4. The zero-order chi connectivity index (χ0) is 14.8. The van der Waals surface area contributed by atoms with Gasteiger partial charge < -0.3 is 5.32 Å². The summed E-state index contributed by atoms with van der Waals surface area (Å²) in [5, 5.41) is 8.24. The molecule has 0 fully saturated rings. The van der Waals surface area contributed by atoms with Crippen LogP contribution in [0.25, 0.3) is 0 Å². The molecule has 1 aromatic rings. The molecule has 0 saturated heterocycles. The molecule has 0 saturated carbocycles. The molecule has 1 heterocycles. The van der Waals surface area contributed by atoms with Crippen LogP contribution in [-0.2, 0) is 13.1 Å². The van der Waals surface area contributed by atoms with Crippen molar-refractivity contribution in [3.8, 4) is 0 Å². The van der Waals surface area contributed by atoms with Crippen molar-refractivity contribution >= 4 is 0 Å². The van der Waals surface area contributed by atoms with Crippen molar-refractivity contribution in [3.05, 3.63) is 17.0 Å². The Hall–Kier alpha value is -0.830. The molecule has 0 spiro atoms. The molecule has 1 N–H and O–H groups in total. The van der Waals surface area contributed by atoms with Crippen molar-refractivity contribution in [1.82, 2.24) is 15.1 Å². The van der Waals surface area contributed by atoms with Gasteiger partial charge in [-0.3, -0.25) is 4.68 Å². The van der Waals surface area contributed by atoms with Gasteiger partial charge in [0.25, 0.3) is 0 Å². The largest absolute Gasteiger partial charge is 0.308 e. The molecule has 0 bridgehead atoms. The first-order chi connectivity index (χ1) is 8.49. The van der Waals surface area contributed by atoms with E-state index in [1.54, 1.807) is 0 Å². The van der Waals surface area contributed by atoms with Gasteiger partial charge in [-0.05, 0) is 46.5 Å². The van der Waals surface area contributed by atoms with E-state index in [1.807, 2.05) is 0 Å². The number of aromatic nitrogens is 2. The third-order valence-electron chi connectivity index (χ3n) is 3.40. The lowest BCUT2D eigenvalue weighted by molar-refractivity contribution is 0.338. The summed E-state index contributed by atoms with van der Waals surface area (Å²) in [6.45, 7) is 19.6. The van der Waals surface area contributed by atoms with E-state index in [0.29, 0.717) is 5.41 Å². The van der Waals surface area contributed by atoms with E-state index in [9.17, 15) is 0 Å². The highest BCUT2D eigenvalue weighted by Crippen LogP contribution is 2.21. The van der Waals surface area contributed by atoms with Crippen LogP contribution >= 0.6 is 0 Å². The highest BCUT2D eigenvalue weighted by atomic mass is 15.3. The minimum atomic E-state index is 0.145. The fraction of sp³-hybridized carbons (Fsp3) is 0.812. The molecule has 110 valence electrons. The molecule has 0 aliphatic rings. The molecule has 3 heteroatoms. The summed E-state index contributed by atoms with van der Waals surface area (Å²) < 4.78 is 2.17. The van der Waals surface area contributed by atoms with Crippen molar-refractivity contribution < 1.29 is 0 Å². The Morgan fingerprint density at radius 2 is 1.63 bits per heavy atom. The van der Waals surface area contributed by atoms with Crippen LogP contribution in [-0.4, -0.2) is 15.3 Å². The van der Waals surface area contributed by atoms with E-state index < -0.39 is 0 Å². The van der Waals surface area contributed by atoms with E-state index in [4.69, 9.17) is 5.10 Å². The Bertz CT molecular complexity index is 416. The van der Waals surface area contributed by atoms with E-state index in [-0.39, 0.29) is 5.54 Å². The van der Waals surface area contributed by atoms with Gasteiger partial charge in [-0.15, -0.1) is 0 Å². The highest BCUT2D eigenvalue weighted by Gasteiger charge is 2.16. The van der Waals surface area contributed by atoms with Gasteiger partial charge >= 0.3 is 0 Å². The standard InChI is InChI=1S/C16H31N3/c1-12-14(11-17-16(6,7)8)13(2)19(18-12)10-9-15(3,4)5/h17H,9-11H2,1-8H3. The van der Waals surface area contributed by atoms with E-state index >= 15 is 0 Å². The average Bonchev–Trinajstić information content (AvgIpc) is 2.46. The van der Waals surface area contributed by atoms with Gasteiger partial charge in [-0.1, -0.05) is 20.8 Å². The monoisotopic (exact) mass is 265 g/mol. The summed E-state index contributed by atoms with van der Waals surface area (Å²) >= 11 is 0. The maximum absolute atomic E-state index is 4.69. The first-order valence-electron chi connectivity index (χ1n) is 7.27. The Morgan fingerprint density at radius 1 is 1.05 bits per heavy atom. The van der Waals surface area contributed by atoms with E-state index in [0.717, 1.165) is 25.2 Å². The first-order valence-corrected chi connectivity index (χ1v) is 7.27. The number of aryl methyl sites for hydroxylation is 2. The predicted molar refractivity (Wildman–Crippen MR) is 82.4 cm³/mol. The van der Waals surface area contributed by atoms with Gasteiger partial charge in [0.2, 0.25) is 0 Å². The molecular formula is C16H31N3. The van der Waals surface area contributed by atoms with Crippen LogP contribution in [0.5, 0.6) is 0 Å². The predicted octanol–water partition coefficient (Wildman–Crippen LogP) is 3.82. The third-order valence-corrected chi connectivity index (χ3v) is 3.40. The lowest BCUT2D eigenvalue weighted by Crippen LogP contribution is -2.35. The molecule has 0 aliphatic carbocycles. The van der Waals surface area contributed by atoms with Crippen LogP contribution in [0.15, 0.2) is 0 Å². The van der Waals surface area contributed by atoms with Crippen LogP contribution in [0.1, 0.15) is 64.9 Å². The number of nitrogens with one attached hydrogen (secondary N) is 1. The second-order valence-corrected chi connectivity index (χ2v) is 7.79. The Balaban J connectivity index is 2.77. The molecule has 0 aromatic carbocycles.